The Labute approximate surface area is 168 Å². The molecular weight excluding hydrogens is 381 g/mol. The molecule has 1 heterocycles. The summed E-state index contributed by atoms with van der Waals surface area (Å²) in [6.45, 7) is 3.96. The zero-order valence-corrected chi connectivity index (χ0v) is 16.5. The van der Waals surface area contributed by atoms with E-state index < -0.39 is 11.9 Å². The number of benzene rings is 2. The molecule has 1 unspecified atom stereocenters. The van der Waals surface area contributed by atoms with Crippen molar-refractivity contribution in [3.8, 4) is 0 Å². The minimum absolute atomic E-state index is 0.108. The highest BCUT2D eigenvalue weighted by atomic mass is 35.5. The normalized spacial score (nSPS) is 17.1. The third-order valence-electron chi connectivity index (χ3n) is 4.85. The lowest BCUT2D eigenvalue weighted by molar-refractivity contribution is -0.140. The number of hydrogen-bond donors (Lipinski definition) is 0. The summed E-state index contributed by atoms with van der Waals surface area (Å²) in [5.41, 5.74) is 2.45. The van der Waals surface area contributed by atoms with Crippen LogP contribution in [0.3, 0.4) is 0 Å². The number of halogens is 2. The van der Waals surface area contributed by atoms with E-state index in [-0.39, 0.29) is 31.3 Å². The van der Waals surface area contributed by atoms with Gasteiger partial charge in [-0.15, -0.1) is 0 Å². The zero-order chi connectivity index (χ0) is 20.3. The number of carbonyl (C=O) groups is 2. The van der Waals surface area contributed by atoms with Crippen LogP contribution in [0.4, 0.5) is 4.39 Å². The van der Waals surface area contributed by atoms with Gasteiger partial charge >= 0.3 is 5.97 Å². The van der Waals surface area contributed by atoms with Gasteiger partial charge in [0.1, 0.15) is 5.82 Å². The minimum Gasteiger partial charge on any atom is -0.463 e. The van der Waals surface area contributed by atoms with Gasteiger partial charge in [-0.3, -0.25) is 4.79 Å². The largest absolute Gasteiger partial charge is 0.463 e. The highest BCUT2D eigenvalue weighted by molar-refractivity contribution is 6.31. The van der Waals surface area contributed by atoms with E-state index >= 15 is 0 Å². The minimum atomic E-state index is -0.468. The summed E-state index contributed by atoms with van der Waals surface area (Å²) in [6, 6.07) is 13.1. The van der Waals surface area contributed by atoms with Gasteiger partial charge in [0.05, 0.1) is 18.7 Å². The molecule has 0 spiro atoms. The van der Waals surface area contributed by atoms with Crippen molar-refractivity contribution in [1.29, 1.82) is 0 Å². The summed E-state index contributed by atoms with van der Waals surface area (Å²) in [4.78, 5) is 27.2. The summed E-state index contributed by atoms with van der Waals surface area (Å²) in [5, 5.41) is 0.502. The van der Waals surface area contributed by atoms with Crippen molar-refractivity contribution in [3.63, 3.8) is 0 Å². The van der Waals surface area contributed by atoms with E-state index in [9.17, 15) is 14.0 Å². The second kappa shape index (κ2) is 8.57. The van der Waals surface area contributed by atoms with Crippen LogP contribution < -0.4 is 0 Å². The second-order valence-electron chi connectivity index (χ2n) is 6.60. The molecule has 1 amide bonds. The fraction of sp³-hybridized carbons (Fsp3) is 0.273. The Hall–Kier alpha value is -2.66. The Morgan fingerprint density at radius 2 is 1.89 bits per heavy atom. The molecule has 1 aliphatic rings. The van der Waals surface area contributed by atoms with Gasteiger partial charge in [-0.2, -0.15) is 0 Å². The molecule has 1 atom stereocenters. The second-order valence-corrected chi connectivity index (χ2v) is 7.01. The first-order valence-electron chi connectivity index (χ1n) is 9.09. The molecule has 6 heteroatoms. The first kappa shape index (κ1) is 20.1. The first-order chi connectivity index (χ1) is 13.4. The molecule has 0 N–H and O–H groups in total. The van der Waals surface area contributed by atoms with E-state index in [4.69, 9.17) is 16.3 Å². The molecule has 28 heavy (non-hydrogen) atoms. The molecule has 0 radical (unpaired) electrons. The fourth-order valence-electron chi connectivity index (χ4n) is 3.47. The van der Waals surface area contributed by atoms with Crippen molar-refractivity contribution in [2.24, 2.45) is 0 Å². The predicted octanol–water partition coefficient (Wildman–Crippen LogP) is 4.83. The molecule has 146 valence electrons. The van der Waals surface area contributed by atoms with Crippen molar-refractivity contribution in [1.82, 2.24) is 4.90 Å². The molecule has 1 aliphatic heterocycles. The van der Waals surface area contributed by atoms with Gasteiger partial charge < -0.3 is 9.64 Å². The maximum atomic E-state index is 13.2. The van der Waals surface area contributed by atoms with Crippen LogP contribution in [0.1, 0.15) is 37.3 Å². The number of ether oxygens (including phenoxy) is 1. The fourth-order valence-corrected chi connectivity index (χ4v) is 3.74. The number of carbonyl (C=O) groups excluding carboxylic acids is 2. The smallest absolute Gasteiger partial charge is 0.336 e. The number of esters is 1. The number of allylic oxidation sites excluding steroid dienone is 1. The molecule has 0 saturated heterocycles. The van der Waals surface area contributed by atoms with Gasteiger partial charge in [0.15, 0.2) is 0 Å². The van der Waals surface area contributed by atoms with Gasteiger partial charge in [0.25, 0.3) is 0 Å². The Bertz CT molecular complexity index is 924. The average molecular weight is 402 g/mol. The monoisotopic (exact) mass is 401 g/mol. The lowest BCUT2D eigenvalue weighted by Gasteiger charge is -2.34. The molecular formula is C22H21ClFNO3. The third kappa shape index (κ3) is 4.09. The van der Waals surface area contributed by atoms with E-state index in [1.165, 1.54) is 12.1 Å². The standard InChI is InChI=1S/C22H21ClFNO3/c1-3-28-22(27)21-14(2)25(13-15-8-10-16(24)11-9-15)20(26)12-18(21)17-6-4-5-7-19(17)23/h4-11,18H,3,12-13H2,1-2H3. The third-order valence-corrected chi connectivity index (χ3v) is 5.20. The lowest BCUT2D eigenvalue weighted by atomic mass is 9.83. The number of rotatable bonds is 5. The number of nitrogens with zero attached hydrogens (tertiary/aromatic N) is 1. The molecule has 0 fully saturated rings. The van der Waals surface area contributed by atoms with E-state index in [1.54, 1.807) is 43.0 Å². The Morgan fingerprint density at radius 1 is 1.21 bits per heavy atom. The van der Waals surface area contributed by atoms with Crippen molar-refractivity contribution in [2.45, 2.75) is 32.7 Å². The molecule has 0 saturated carbocycles. The average Bonchev–Trinajstić information content (AvgIpc) is 2.66. The summed E-state index contributed by atoms with van der Waals surface area (Å²) >= 11 is 6.35. The number of hydrogen-bond acceptors (Lipinski definition) is 3. The van der Waals surface area contributed by atoms with Crippen molar-refractivity contribution in [3.05, 3.63) is 81.8 Å². The maximum Gasteiger partial charge on any atom is 0.336 e. The quantitative estimate of drug-likeness (QED) is 0.674. The van der Waals surface area contributed by atoms with Crippen molar-refractivity contribution < 1.29 is 18.7 Å². The van der Waals surface area contributed by atoms with Crippen LogP contribution in [-0.4, -0.2) is 23.4 Å². The summed E-state index contributed by atoms with van der Waals surface area (Å²) in [5.74, 6) is -1.39. The maximum absolute atomic E-state index is 13.2. The van der Waals surface area contributed by atoms with Crippen LogP contribution in [0.2, 0.25) is 5.02 Å². The van der Waals surface area contributed by atoms with Crippen LogP contribution in [0, 0.1) is 5.82 Å². The molecule has 2 aromatic rings. The van der Waals surface area contributed by atoms with E-state index in [0.29, 0.717) is 16.3 Å². The first-order valence-corrected chi connectivity index (χ1v) is 9.47. The topological polar surface area (TPSA) is 46.6 Å². The predicted molar refractivity (Wildman–Crippen MR) is 105 cm³/mol. The van der Waals surface area contributed by atoms with Crippen LogP contribution in [0.25, 0.3) is 0 Å². The van der Waals surface area contributed by atoms with Crippen LogP contribution in [0.15, 0.2) is 59.8 Å². The highest BCUT2D eigenvalue weighted by Crippen LogP contribution is 2.40. The van der Waals surface area contributed by atoms with Crippen LogP contribution >= 0.6 is 11.6 Å². The summed E-state index contributed by atoms with van der Waals surface area (Å²) < 4.78 is 18.4. The molecule has 0 bridgehead atoms. The summed E-state index contributed by atoms with van der Waals surface area (Å²) in [6.07, 6.45) is 0.108. The number of amides is 1. The van der Waals surface area contributed by atoms with Crippen molar-refractivity contribution >= 4 is 23.5 Å². The van der Waals surface area contributed by atoms with E-state index in [1.807, 2.05) is 12.1 Å². The van der Waals surface area contributed by atoms with Gasteiger partial charge in [-0.1, -0.05) is 41.9 Å². The van der Waals surface area contributed by atoms with Crippen LogP contribution in [-0.2, 0) is 20.9 Å². The molecule has 2 aromatic carbocycles. The highest BCUT2D eigenvalue weighted by Gasteiger charge is 2.37. The Balaban J connectivity index is 2.04. The van der Waals surface area contributed by atoms with Gasteiger partial charge in [0.2, 0.25) is 5.91 Å². The van der Waals surface area contributed by atoms with Gasteiger partial charge in [0, 0.05) is 23.1 Å². The molecule has 0 aromatic heterocycles. The lowest BCUT2D eigenvalue weighted by Crippen LogP contribution is -2.38. The summed E-state index contributed by atoms with van der Waals surface area (Å²) in [7, 11) is 0. The zero-order valence-electron chi connectivity index (χ0n) is 15.7. The van der Waals surface area contributed by atoms with Gasteiger partial charge in [-0.05, 0) is 43.2 Å². The van der Waals surface area contributed by atoms with E-state index in [2.05, 4.69) is 0 Å². The molecule has 0 aliphatic carbocycles. The molecule has 3 rings (SSSR count). The Kier molecular flexibility index (Phi) is 6.15. The SMILES string of the molecule is CCOC(=O)C1=C(C)N(Cc2ccc(F)cc2)C(=O)CC1c1ccccc1Cl. The van der Waals surface area contributed by atoms with E-state index in [0.717, 1.165) is 11.1 Å². The molecule has 4 nitrogen and oxygen atoms in total. The van der Waals surface area contributed by atoms with Crippen molar-refractivity contribution in [2.75, 3.05) is 6.61 Å². The van der Waals surface area contributed by atoms with Crippen LogP contribution in [0.5, 0.6) is 0 Å². The Morgan fingerprint density at radius 3 is 2.54 bits per heavy atom. The van der Waals surface area contributed by atoms with Gasteiger partial charge in [-0.25, -0.2) is 9.18 Å².